The highest BCUT2D eigenvalue weighted by Gasteiger charge is 2.69. The van der Waals surface area contributed by atoms with E-state index >= 15 is 0 Å². The summed E-state index contributed by atoms with van der Waals surface area (Å²) in [6, 6.07) is 6.58. The zero-order valence-electron chi connectivity index (χ0n) is 18.3. The number of benzene rings is 1. The first-order chi connectivity index (χ1) is 13.3. The van der Waals surface area contributed by atoms with Crippen molar-refractivity contribution >= 4 is 24.4 Å². The molecule has 0 unspecified atom stereocenters. The molecule has 2 aliphatic rings. The quantitative estimate of drug-likeness (QED) is 0.379. The number of carbonyl (C=O) groups excluding carboxylic acids is 1. The number of methoxy groups -OCH3 is 1. The Bertz CT molecular complexity index is 871. The average molecular weight is 441 g/mol. The van der Waals surface area contributed by atoms with Crippen molar-refractivity contribution in [1.29, 1.82) is 0 Å². The van der Waals surface area contributed by atoms with Crippen LogP contribution in [0.1, 0.15) is 32.8 Å². The molecule has 1 aromatic rings. The van der Waals surface area contributed by atoms with Crippen molar-refractivity contribution in [3.8, 4) is 0 Å². The number of carbonyl (C=O) groups is 1. The minimum atomic E-state index is -3.91. The molecular formula is C21H32O6SSi. The van der Waals surface area contributed by atoms with E-state index in [-0.39, 0.29) is 39.8 Å². The molecule has 0 amide bonds. The van der Waals surface area contributed by atoms with Gasteiger partial charge in [0.25, 0.3) is 10.1 Å². The second-order valence-corrected chi connectivity index (χ2v) is 16.1. The van der Waals surface area contributed by atoms with Crippen molar-refractivity contribution in [2.45, 2.75) is 69.4 Å². The molecule has 2 fully saturated rings. The van der Waals surface area contributed by atoms with E-state index in [1.807, 2.05) is 6.92 Å². The summed E-state index contributed by atoms with van der Waals surface area (Å²) < 4.78 is 42.7. The molecule has 29 heavy (non-hydrogen) atoms. The van der Waals surface area contributed by atoms with Crippen LogP contribution in [0.25, 0.3) is 0 Å². The maximum atomic E-state index is 12.8. The molecule has 0 saturated heterocycles. The highest BCUT2D eigenvalue weighted by Crippen LogP contribution is 2.61. The molecule has 162 valence electrons. The van der Waals surface area contributed by atoms with E-state index < -0.39 is 24.5 Å². The van der Waals surface area contributed by atoms with Gasteiger partial charge in [0.05, 0.1) is 30.1 Å². The fourth-order valence-corrected chi connectivity index (χ4v) is 6.50. The first-order valence-electron chi connectivity index (χ1n) is 10.0. The van der Waals surface area contributed by atoms with E-state index in [0.717, 1.165) is 5.56 Å². The number of hydrogen-bond donors (Lipinski definition) is 0. The van der Waals surface area contributed by atoms with Crippen molar-refractivity contribution in [2.75, 3.05) is 7.11 Å². The molecule has 2 aliphatic carbocycles. The smallest absolute Gasteiger partial charge is 0.309 e. The Morgan fingerprint density at radius 1 is 1.07 bits per heavy atom. The van der Waals surface area contributed by atoms with E-state index in [1.165, 1.54) is 7.11 Å². The van der Waals surface area contributed by atoms with Crippen molar-refractivity contribution in [1.82, 2.24) is 0 Å². The number of rotatable bonds is 6. The third-order valence-electron chi connectivity index (χ3n) is 6.74. The van der Waals surface area contributed by atoms with E-state index in [1.54, 1.807) is 24.3 Å². The fourth-order valence-electron chi connectivity index (χ4n) is 4.02. The SMILES string of the molecule is COC(=O)[C@@H]1[C@@H]2[C@H]1[C@@H](OS(=O)(=O)c1ccc(C)cc1)C[C@H]2O[Si](C)(C)C(C)(C)C. The minimum Gasteiger partial charge on any atom is -0.469 e. The summed E-state index contributed by atoms with van der Waals surface area (Å²) in [5, 5.41) is 0.0189. The van der Waals surface area contributed by atoms with Gasteiger partial charge in [0.2, 0.25) is 0 Å². The number of fused-ring (bicyclic) bond motifs is 1. The molecule has 0 aliphatic heterocycles. The molecule has 0 N–H and O–H groups in total. The highest BCUT2D eigenvalue weighted by atomic mass is 32.2. The van der Waals surface area contributed by atoms with Gasteiger partial charge in [0, 0.05) is 18.3 Å². The van der Waals surface area contributed by atoms with Crippen LogP contribution in [0.5, 0.6) is 0 Å². The number of esters is 1. The second kappa shape index (κ2) is 7.48. The van der Waals surface area contributed by atoms with Crippen molar-refractivity contribution in [2.24, 2.45) is 17.8 Å². The molecular weight excluding hydrogens is 408 g/mol. The first-order valence-corrected chi connectivity index (χ1v) is 14.4. The molecule has 0 spiro atoms. The molecule has 0 aromatic heterocycles. The standard InChI is InChI=1S/C21H32O6SSi/c1-13-8-10-14(11-9-13)28(23,24)26-15-12-16(27-29(6,7)21(2,3)4)18-17(15)19(18)20(22)25-5/h8-11,15-19H,12H2,1-7H3/t15-,16+,17+,18-,19-/m0/s1. The van der Waals surface area contributed by atoms with Crippen LogP contribution in [-0.2, 0) is 28.3 Å². The Balaban J connectivity index is 1.81. The van der Waals surface area contributed by atoms with Crippen molar-refractivity contribution in [3.63, 3.8) is 0 Å². The van der Waals surface area contributed by atoms with Gasteiger partial charge >= 0.3 is 5.97 Å². The lowest BCUT2D eigenvalue weighted by atomic mass is 10.1. The van der Waals surface area contributed by atoms with Crippen LogP contribution in [-0.4, -0.2) is 42.0 Å². The molecule has 1 aromatic carbocycles. The molecule has 0 heterocycles. The Labute approximate surface area is 175 Å². The van der Waals surface area contributed by atoms with Crippen LogP contribution in [0.15, 0.2) is 29.2 Å². The van der Waals surface area contributed by atoms with Gasteiger partial charge in [-0.05, 0) is 37.2 Å². The lowest BCUT2D eigenvalue weighted by Crippen LogP contribution is -2.44. The van der Waals surface area contributed by atoms with Gasteiger partial charge in [-0.3, -0.25) is 8.98 Å². The van der Waals surface area contributed by atoms with E-state index in [0.29, 0.717) is 6.42 Å². The van der Waals surface area contributed by atoms with Crippen LogP contribution >= 0.6 is 0 Å². The zero-order chi connectivity index (χ0) is 21.8. The predicted molar refractivity (Wildman–Crippen MR) is 112 cm³/mol. The molecule has 0 radical (unpaired) electrons. The monoisotopic (exact) mass is 440 g/mol. The molecule has 6 nitrogen and oxygen atoms in total. The van der Waals surface area contributed by atoms with Gasteiger partial charge in [-0.1, -0.05) is 38.5 Å². The normalized spacial score (nSPS) is 29.4. The molecule has 8 heteroatoms. The Hall–Kier alpha value is -1.22. The summed E-state index contributed by atoms with van der Waals surface area (Å²) in [6.45, 7) is 12.7. The third kappa shape index (κ3) is 4.31. The first kappa shape index (κ1) is 22.5. The van der Waals surface area contributed by atoms with Gasteiger partial charge < -0.3 is 9.16 Å². The second-order valence-electron chi connectivity index (χ2n) is 9.76. The van der Waals surface area contributed by atoms with Crippen LogP contribution < -0.4 is 0 Å². The maximum Gasteiger partial charge on any atom is 0.309 e. The van der Waals surface area contributed by atoms with Crippen LogP contribution in [0.4, 0.5) is 0 Å². The van der Waals surface area contributed by atoms with Gasteiger partial charge in [-0.25, -0.2) is 0 Å². The molecule has 3 rings (SSSR count). The summed E-state index contributed by atoms with van der Waals surface area (Å²) >= 11 is 0. The maximum absolute atomic E-state index is 12.8. The van der Waals surface area contributed by atoms with Crippen molar-refractivity contribution < 1.29 is 26.6 Å². The zero-order valence-corrected chi connectivity index (χ0v) is 20.1. The summed E-state index contributed by atoms with van der Waals surface area (Å²) in [7, 11) is -4.63. The Morgan fingerprint density at radius 2 is 1.62 bits per heavy atom. The summed E-state index contributed by atoms with van der Waals surface area (Å²) in [5.74, 6) is -0.904. The third-order valence-corrected chi connectivity index (χ3v) is 12.6. The summed E-state index contributed by atoms with van der Waals surface area (Å²) in [4.78, 5) is 12.4. The number of ether oxygens (including phenoxy) is 1. The van der Waals surface area contributed by atoms with E-state index in [4.69, 9.17) is 13.3 Å². The van der Waals surface area contributed by atoms with E-state index in [2.05, 4.69) is 33.9 Å². The largest absolute Gasteiger partial charge is 0.469 e. The van der Waals surface area contributed by atoms with Gasteiger partial charge in [-0.15, -0.1) is 0 Å². The molecule has 0 bridgehead atoms. The number of aryl methyl sites for hydroxylation is 1. The predicted octanol–water partition coefficient (Wildman–Crippen LogP) is 3.90. The van der Waals surface area contributed by atoms with Crippen LogP contribution in [0, 0.1) is 24.7 Å². The van der Waals surface area contributed by atoms with Gasteiger partial charge in [-0.2, -0.15) is 8.42 Å². The topological polar surface area (TPSA) is 78.9 Å². The van der Waals surface area contributed by atoms with Gasteiger partial charge in [0.15, 0.2) is 8.32 Å². The Morgan fingerprint density at radius 3 is 2.14 bits per heavy atom. The Kier molecular flexibility index (Phi) is 5.79. The average Bonchev–Trinajstić information content (AvgIpc) is 3.26. The highest BCUT2D eigenvalue weighted by molar-refractivity contribution is 7.86. The lowest BCUT2D eigenvalue weighted by molar-refractivity contribution is -0.144. The lowest BCUT2D eigenvalue weighted by Gasteiger charge is -2.39. The van der Waals surface area contributed by atoms with Crippen LogP contribution in [0.3, 0.4) is 0 Å². The molecule has 5 atom stereocenters. The van der Waals surface area contributed by atoms with Crippen LogP contribution in [0.2, 0.25) is 18.1 Å². The molecule has 2 saturated carbocycles. The minimum absolute atomic E-state index is 0.0189. The van der Waals surface area contributed by atoms with Crippen molar-refractivity contribution in [3.05, 3.63) is 29.8 Å². The van der Waals surface area contributed by atoms with Gasteiger partial charge in [0.1, 0.15) is 0 Å². The fraction of sp³-hybridized carbons (Fsp3) is 0.667. The summed E-state index contributed by atoms with van der Waals surface area (Å²) in [5.41, 5.74) is 0.973. The van der Waals surface area contributed by atoms with E-state index in [9.17, 15) is 13.2 Å². The summed E-state index contributed by atoms with van der Waals surface area (Å²) in [6.07, 6.45) is -0.297. The number of hydrogen-bond acceptors (Lipinski definition) is 6.